The summed E-state index contributed by atoms with van der Waals surface area (Å²) in [7, 11) is 4.05. The first-order valence-corrected chi connectivity index (χ1v) is 7.28. The Hall–Kier alpha value is -1.33. The van der Waals surface area contributed by atoms with E-state index in [9.17, 15) is 13.6 Å². The quantitative estimate of drug-likeness (QED) is 0.655. The standard InChI is InChI=1S/C16H24F2N2O/c1-4-20(8-5-7-19(2)3)9-6-16(21)13-10-14(17)12-15(18)11-13/h10-12H,4-9H2,1-3H3. The molecule has 0 fully saturated rings. The van der Waals surface area contributed by atoms with Crippen LogP contribution in [0.15, 0.2) is 18.2 Å². The summed E-state index contributed by atoms with van der Waals surface area (Å²) < 4.78 is 26.2. The molecule has 1 aromatic carbocycles. The number of hydrogen-bond donors (Lipinski definition) is 0. The molecule has 0 radical (unpaired) electrons. The Morgan fingerprint density at radius 1 is 1.05 bits per heavy atom. The van der Waals surface area contributed by atoms with Gasteiger partial charge in [-0.3, -0.25) is 4.79 Å². The van der Waals surface area contributed by atoms with Gasteiger partial charge in [-0.05, 0) is 52.3 Å². The number of nitrogens with zero attached hydrogens (tertiary/aromatic N) is 2. The Balaban J connectivity index is 2.46. The molecule has 3 nitrogen and oxygen atoms in total. The molecule has 21 heavy (non-hydrogen) atoms. The summed E-state index contributed by atoms with van der Waals surface area (Å²) in [5, 5.41) is 0. The molecule has 0 saturated carbocycles. The van der Waals surface area contributed by atoms with Crippen molar-refractivity contribution in [3.8, 4) is 0 Å². The molecule has 0 bridgehead atoms. The number of benzene rings is 1. The van der Waals surface area contributed by atoms with Gasteiger partial charge < -0.3 is 9.80 Å². The normalized spacial score (nSPS) is 11.4. The zero-order valence-corrected chi connectivity index (χ0v) is 13.0. The molecule has 0 atom stereocenters. The molecule has 0 spiro atoms. The fourth-order valence-corrected chi connectivity index (χ4v) is 2.16. The molecule has 0 aromatic heterocycles. The van der Waals surface area contributed by atoms with Crippen LogP contribution in [0.5, 0.6) is 0 Å². The highest BCUT2D eigenvalue weighted by atomic mass is 19.1. The maximum Gasteiger partial charge on any atom is 0.164 e. The lowest BCUT2D eigenvalue weighted by Crippen LogP contribution is -2.29. The van der Waals surface area contributed by atoms with Crippen molar-refractivity contribution < 1.29 is 13.6 Å². The van der Waals surface area contributed by atoms with Crippen LogP contribution < -0.4 is 0 Å². The summed E-state index contributed by atoms with van der Waals surface area (Å²) in [5.74, 6) is -1.65. The van der Waals surface area contributed by atoms with Crippen molar-refractivity contribution in [2.45, 2.75) is 19.8 Å². The van der Waals surface area contributed by atoms with Crippen molar-refractivity contribution >= 4 is 5.78 Å². The van der Waals surface area contributed by atoms with Crippen LogP contribution in [0.4, 0.5) is 8.78 Å². The molecule has 0 aliphatic carbocycles. The molecule has 0 aliphatic rings. The van der Waals surface area contributed by atoms with Gasteiger partial charge in [-0.2, -0.15) is 0 Å². The van der Waals surface area contributed by atoms with Crippen LogP contribution in [0, 0.1) is 11.6 Å². The average Bonchev–Trinajstić information content (AvgIpc) is 2.40. The maximum absolute atomic E-state index is 13.1. The lowest BCUT2D eigenvalue weighted by atomic mass is 10.1. The molecule has 0 heterocycles. The second kappa shape index (κ2) is 8.85. The average molecular weight is 298 g/mol. The highest BCUT2D eigenvalue weighted by molar-refractivity contribution is 5.96. The Morgan fingerprint density at radius 3 is 2.19 bits per heavy atom. The molecule has 0 aliphatic heterocycles. The van der Waals surface area contributed by atoms with Crippen molar-refractivity contribution in [1.29, 1.82) is 0 Å². The summed E-state index contributed by atoms with van der Waals surface area (Å²) in [4.78, 5) is 16.3. The minimum atomic E-state index is -0.711. The van der Waals surface area contributed by atoms with Crippen LogP contribution in [-0.4, -0.2) is 55.9 Å². The van der Waals surface area contributed by atoms with Crippen molar-refractivity contribution in [3.05, 3.63) is 35.4 Å². The second-order valence-electron chi connectivity index (χ2n) is 5.42. The lowest BCUT2D eigenvalue weighted by Gasteiger charge is -2.21. The van der Waals surface area contributed by atoms with Crippen LogP contribution in [0.1, 0.15) is 30.1 Å². The minimum absolute atomic E-state index is 0.108. The summed E-state index contributed by atoms with van der Waals surface area (Å²) in [6.07, 6.45) is 1.31. The predicted molar refractivity (Wildman–Crippen MR) is 80.6 cm³/mol. The van der Waals surface area contributed by atoms with Crippen molar-refractivity contribution in [2.75, 3.05) is 40.3 Å². The molecular weight excluding hydrogens is 274 g/mol. The second-order valence-corrected chi connectivity index (χ2v) is 5.42. The minimum Gasteiger partial charge on any atom is -0.309 e. The fourth-order valence-electron chi connectivity index (χ4n) is 2.16. The third-order valence-electron chi connectivity index (χ3n) is 3.37. The van der Waals surface area contributed by atoms with E-state index in [0.29, 0.717) is 6.54 Å². The van der Waals surface area contributed by atoms with Crippen LogP contribution in [0.3, 0.4) is 0 Å². The van der Waals surface area contributed by atoms with Crippen molar-refractivity contribution in [1.82, 2.24) is 9.80 Å². The number of ketones is 1. The smallest absolute Gasteiger partial charge is 0.164 e. The first-order chi connectivity index (χ1) is 9.92. The number of Topliss-reactive ketones (excluding diaryl/α,β-unsaturated/α-hetero) is 1. The van der Waals surface area contributed by atoms with Crippen LogP contribution >= 0.6 is 0 Å². The van der Waals surface area contributed by atoms with E-state index in [1.54, 1.807) is 0 Å². The van der Waals surface area contributed by atoms with Gasteiger partial charge in [0.1, 0.15) is 11.6 Å². The van der Waals surface area contributed by atoms with Gasteiger partial charge in [0.25, 0.3) is 0 Å². The van der Waals surface area contributed by atoms with Gasteiger partial charge in [0, 0.05) is 24.6 Å². The molecule has 0 amide bonds. The van der Waals surface area contributed by atoms with E-state index in [1.807, 2.05) is 21.0 Å². The van der Waals surface area contributed by atoms with Gasteiger partial charge in [-0.25, -0.2) is 8.78 Å². The Labute approximate surface area is 125 Å². The largest absolute Gasteiger partial charge is 0.309 e. The summed E-state index contributed by atoms with van der Waals surface area (Å²) >= 11 is 0. The molecule has 5 heteroatoms. The molecule has 0 unspecified atom stereocenters. The van der Waals surface area contributed by atoms with E-state index in [2.05, 4.69) is 9.80 Å². The molecule has 1 aromatic rings. The van der Waals surface area contributed by atoms with Crippen LogP contribution in [0.25, 0.3) is 0 Å². The number of carbonyl (C=O) groups is 1. The first-order valence-electron chi connectivity index (χ1n) is 7.28. The zero-order valence-electron chi connectivity index (χ0n) is 13.0. The maximum atomic E-state index is 13.1. The summed E-state index contributed by atoms with van der Waals surface area (Å²) in [5.41, 5.74) is 0.108. The van der Waals surface area contributed by atoms with E-state index in [1.165, 1.54) is 0 Å². The number of rotatable bonds is 9. The Kier molecular flexibility index (Phi) is 7.47. The molecule has 0 saturated heterocycles. The number of carbonyl (C=O) groups excluding carboxylic acids is 1. The topological polar surface area (TPSA) is 23.6 Å². The Bertz CT molecular complexity index is 443. The van der Waals surface area contributed by atoms with Gasteiger partial charge in [0.15, 0.2) is 5.78 Å². The predicted octanol–water partition coefficient (Wildman–Crippen LogP) is 2.81. The SMILES string of the molecule is CCN(CCCN(C)C)CCC(=O)c1cc(F)cc(F)c1. The third-order valence-corrected chi connectivity index (χ3v) is 3.37. The monoisotopic (exact) mass is 298 g/mol. The fraction of sp³-hybridized carbons (Fsp3) is 0.562. The zero-order chi connectivity index (χ0) is 15.8. The van der Waals surface area contributed by atoms with Crippen molar-refractivity contribution in [3.63, 3.8) is 0 Å². The highest BCUT2D eigenvalue weighted by Crippen LogP contribution is 2.10. The number of hydrogen-bond acceptors (Lipinski definition) is 3. The molecule has 118 valence electrons. The van der Waals surface area contributed by atoms with Gasteiger partial charge in [0.2, 0.25) is 0 Å². The summed E-state index contributed by atoms with van der Waals surface area (Å²) in [6.45, 7) is 5.43. The van der Waals surface area contributed by atoms with Gasteiger partial charge in [-0.15, -0.1) is 0 Å². The highest BCUT2D eigenvalue weighted by Gasteiger charge is 2.11. The van der Waals surface area contributed by atoms with E-state index < -0.39 is 11.6 Å². The molecular formula is C16H24F2N2O. The first kappa shape index (κ1) is 17.7. The lowest BCUT2D eigenvalue weighted by molar-refractivity contribution is 0.0963. The van der Waals surface area contributed by atoms with Gasteiger partial charge in [-0.1, -0.05) is 6.92 Å². The number of halogens is 2. The van der Waals surface area contributed by atoms with E-state index in [-0.39, 0.29) is 17.8 Å². The molecule has 0 N–H and O–H groups in total. The molecule has 1 rings (SSSR count). The van der Waals surface area contributed by atoms with Crippen LogP contribution in [-0.2, 0) is 0 Å². The Morgan fingerprint density at radius 2 is 1.67 bits per heavy atom. The van der Waals surface area contributed by atoms with Crippen molar-refractivity contribution in [2.24, 2.45) is 0 Å². The van der Waals surface area contributed by atoms with E-state index in [4.69, 9.17) is 0 Å². The van der Waals surface area contributed by atoms with Crippen LogP contribution in [0.2, 0.25) is 0 Å². The summed E-state index contributed by atoms with van der Waals surface area (Å²) in [6, 6.07) is 2.96. The van der Waals surface area contributed by atoms with Gasteiger partial charge in [0.05, 0.1) is 0 Å². The van der Waals surface area contributed by atoms with E-state index in [0.717, 1.165) is 44.3 Å². The van der Waals surface area contributed by atoms with E-state index >= 15 is 0 Å². The third kappa shape index (κ3) is 6.78. The van der Waals surface area contributed by atoms with Gasteiger partial charge >= 0.3 is 0 Å².